The molecule has 2 rings (SSSR count). The van der Waals surface area contributed by atoms with Crippen molar-refractivity contribution in [2.24, 2.45) is 0 Å². The van der Waals surface area contributed by atoms with E-state index in [4.69, 9.17) is 13.7 Å². The van der Waals surface area contributed by atoms with Crippen molar-refractivity contribution in [2.75, 3.05) is 13.2 Å². The Labute approximate surface area is 150 Å². The molecule has 10 nitrogen and oxygen atoms in total. The van der Waals surface area contributed by atoms with Crippen LogP contribution in [0.5, 0.6) is 11.8 Å². The molecule has 0 fully saturated rings. The maximum absolute atomic E-state index is 12.2. The number of hydrogen-bond donors (Lipinski definition) is 0. The summed E-state index contributed by atoms with van der Waals surface area (Å²) < 4.78 is 40.0. The van der Waals surface area contributed by atoms with E-state index in [-0.39, 0.29) is 28.2 Å². The lowest BCUT2D eigenvalue weighted by atomic mass is 10.3. The summed E-state index contributed by atoms with van der Waals surface area (Å²) in [7, 11) is -4.23. The van der Waals surface area contributed by atoms with Crippen LogP contribution in [0, 0.1) is 10.1 Å². The molecule has 2 aromatic rings. The van der Waals surface area contributed by atoms with Crippen molar-refractivity contribution in [3.63, 3.8) is 0 Å². The maximum Gasteiger partial charge on any atom is 0.297 e. The molecule has 1 heterocycles. The van der Waals surface area contributed by atoms with Crippen LogP contribution >= 0.6 is 0 Å². The Morgan fingerprint density at radius 1 is 1.08 bits per heavy atom. The molecule has 0 saturated heterocycles. The zero-order chi connectivity index (χ0) is 19.2. The summed E-state index contributed by atoms with van der Waals surface area (Å²) in [6.45, 7) is 3.77. The van der Waals surface area contributed by atoms with E-state index in [0.717, 1.165) is 6.07 Å². The first kappa shape index (κ1) is 19.5. The third-order valence-electron chi connectivity index (χ3n) is 2.97. The van der Waals surface area contributed by atoms with E-state index in [2.05, 4.69) is 9.97 Å². The minimum atomic E-state index is -4.23. The monoisotopic (exact) mass is 383 g/mol. The molecule has 0 unspecified atom stereocenters. The molecule has 1 aromatic carbocycles. The zero-order valence-electron chi connectivity index (χ0n) is 14.1. The molecule has 0 bridgehead atoms. The Balaban J connectivity index is 2.21. The summed E-state index contributed by atoms with van der Waals surface area (Å²) in [6, 6.07) is 6.03. The number of nitro benzene ring substituents is 1. The number of aromatic nitrogens is 2. The van der Waals surface area contributed by atoms with E-state index in [0.29, 0.717) is 13.2 Å². The van der Waals surface area contributed by atoms with Gasteiger partial charge in [0.05, 0.1) is 24.2 Å². The summed E-state index contributed by atoms with van der Waals surface area (Å²) in [5.41, 5.74) is -0.358. The summed E-state index contributed by atoms with van der Waals surface area (Å²) in [4.78, 5) is 17.8. The van der Waals surface area contributed by atoms with E-state index >= 15 is 0 Å². The summed E-state index contributed by atoms with van der Waals surface area (Å²) >= 11 is 0. The lowest BCUT2D eigenvalue weighted by Crippen LogP contribution is -2.10. The van der Waals surface area contributed by atoms with Gasteiger partial charge in [0.15, 0.2) is 5.82 Å². The zero-order valence-corrected chi connectivity index (χ0v) is 14.9. The van der Waals surface area contributed by atoms with Gasteiger partial charge in [-0.05, 0) is 19.9 Å². The predicted octanol–water partition coefficient (Wildman–Crippen LogP) is 2.09. The van der Waals surface area contributed by atoms with Gasteiger partial charge in [0, 0.05) is 12.1 Å². The van der Waals surface area contributed by atoms with Crippen LogP contribution in [-0.4, -0.2) is 36.5 Å². The van der Waals surface area contributed by atoms with E-state index in [1.165, 1.54) is 24.3 Å². The predicted molar refractivity (Wildman–Crippen MR) is 89.4 cm³/mol. The Bertz CT molecular complexity index is 862. The minimum Gasteiger partial charge on any atom is -0.478 e. The van der Waals surface area contributed by atoms with Gasteiger partial charge in [0.1, 0.15) is 11.5 Å². The van der Waals surface area contributed by atoms with Gasteiger partial charge in [-0.3, -0.25) is 14.3 Å². The smallest absolute Gasteiger partial charge is 0.297 e. The fourth-order valence-corrected chi connectivity index (χ4v) is 2.82. The second-order valence-electron chi connectivity index (χ2n) is 4.80. The molecule has 11 heteroatoms. The number of ether oxygens (including phenoxy) is 2. The van der Waals surface area contributed by atoms with Crippen molar-refractivity contribution in [3.05, 3.63) is 46.3 Å². The molecule has 140 valence electrons. The average Bonchev–Trinajstić information content (AvgIpc) is 2.61. The summed E-state index contributed by atoms with van der Waals surface area (Å²) in [5, 5.41) is 10.8. The van der Waals surface area contributed by atoms with E-state index < -0.39 is 21.6 Å². The fourth-order valence-electron chi connectivity index (χ4n) is 1.91. The van der Waals surface area contributed by atoms with E-state index in [1.54, 1.807) is 13.8 Å². The van der Waals surface area contributed by atoms with E-state index in [1.807, 2.05) is 0 Å². The molecular formula is C15H17N3O7S. The highest BCUT2D eigenvalue weighted by Gasteiger charge is 2.20. The van der Waals surface area contributed by atoms with Crippen molar-refractivity contribution >= 4 is 15.8 Å². The lowest BCUT2D eigenvalue weighted by molar-refractivity contribution is -0.385. The molecule has 0 aliphatic carbocycles. The van der Waals surface area contributed by atoms with Crippen molar-refractivity contribution in [1.82, 2.24) is 9.97 Å². The molecular weight excluding hydrogens is 366 g/mol. The second kappa shape index (κ2) is 8.54. The molecule has 1 aromatic heterocycles. The largest absolute Gasteiger partial charge is 0.478 e. The minimum absolute atomic E-state index is 0.0356. The standard InChI is InChI=1S/C15H17N3O7S/c1-3-23-14-9-15(24-4-2)17-13(16-14)10-25-26(21,22)12-7-5-6-11(8-12)18(19)20/h5-9H,3-4,10H2,1-2H3. The summed E-state index contributed by atoms with van der Waals surface area (Å²) in [5.74, 6) is 0.475. The molecule has 0 N–H and O–H groups in total. The number of non-ortho nitro benzene ring substituents is 1. The van der Waals surface area contributed by atoms with Crippen LogP contribution in [0.2, 0.25) is 0 Å². The van der Waals surface area contributed by atoms with Gasteiger partial charge in [0.25, 0.3) is 15.8 Å². The Morgan fingerprint density at radius 2 is 1.69 bits per heavy atom. The molecule has 0 radical (unpaired) electrons. The second-order valence-corrected chi connectivity index (χ2v) is 6.41. The van der Waals surface area contributed by atoms with Crippen LogP contribution in [0.4, 0.5) is 5.69 Å². The quantitative estimate of drug-likeness (QED) is 0.363. The van der Waals surface area contributed by atoms with Crippen molar-refractivity contribution in [3.8, 4) is 11.8 Å². The van der Waals surface area contributed by atoms with Crippen LogP contribution in [0.3, 0.4) is 0 Å². The molecule has 0 aliphatic rings. The van der Waals surface area contributed by atoms with Crippen molar-refractivity contribution in [1.29, 1.82) is 0 Å². The number of nitro groups is 1. The first-order chi connectivity index (χ1) is 12.4. The topological polar surface area (TPSA) is 131 Å². The first-order valence-corrected chi connectivity index (χ1v) is 9.04. The van der Waals surface area contributed by atoms with Gasteiger partial charge >= 0.3 is 0 Å². The molecule has 0 amide bonds. The Hall–Kier alpha value is -2.79. The van der Waals surface area contributed by atoms with Crippen molar-refractivity contribution in [2.45, 2.75) is 25.3 Å². The Kier molecular flexibility index (Phi) is 6.41. The number of hydrogen-bond acceptors (Lipinski definition) is 9. The fraction of sp³-hybridized carbons (Fsp3) is 0.333. The van der Waals surface area contributed by atoms with Crippen LogP contribution in [0.1, 0.15) is 19.7 Å². The highest BCUT2D eigenvalue weighted by atomic mass is 32.2. The van der Waals surface area contributed by atoms with Gasteiger partial charge < -0.3 is 9.47 Å². The van der Waals surface area contributed by atoms with Crippen LogP contribution in [0.25, 0.3) is 0 Å². The lowest BCUT2D eigenvalue weighted by Gasteiger charge is -2.09. The molecule has 0 atom stereocenters. The van der Waals surface area contributed by atoms with Crippen LogP contribution in [0.15, 0.2) is 35.2 Å². The van der Waals surface area contributed by atoms with Crippen molar-refractivity contribution < 1.29 is 27.0 Å². The third kappa shape index (κ3) is 5.10. The van der Waals surface area contributed by atoms with Gasteiger partial charge in [-0.1, -0.05) is 6.07 Å². The van der Waals surface area contributed by atoms with Gasteiger partial charge in [-0.15, -0.1) is 0 Å². The van der Waals surface area contributed by atoms with Crippen LogP contribution < -0.4 is 9.47 Å². The molecule has 0 spiro atoms. The highest BCUT2D eigenvalue weighted by Crippen LogP contribution is 2.21. The average molecular weight is 383 g/mol. The van der Waals surface area contributed by atoms with Gasteiger partial charge in [-0.2, -0.15) is 18.4 Å². The summed E-state index contributed by atoms with van der Waals surface area (Å²) in [6.07, 6.45) is 0. The highest BCUT2D eigenvalue weighted by molar-refractivity contribution is 7.86. The molecule has 26 heavy (non-hydrogen) atoms. The van der Waals surface area contributed by atoms with Crippen LogP contribution in [-0.2, 0) is 20.9 Å². The molecule has 0 aliphatic heterocycles. The third-order valence-corrected chi connectivity index (χ3v) is 4.23. The number of rotatable bonds is 9. The Morgan fingerprint density at radius 3 is 2.23 bits per heavy atom. The maximum atomic E-state index is 12.2. The normalized spacial score (nSPS) is 11.2. The first-order valence-electron chi connectivity index (χ1n) is 7.63. The molecule has 0 saturated carbocycles. The number of nitrogens with zero attached hydrogens (tertiary/aromatic N) is 3. The van der Waals surface area contributed by atoms with E-state index in [9.17, 15) is 18.5 Å². The van der Waals surface area contributed by atoms with Gasteiger partial charge in [0.2, 0.25) is 11.8 Å². The van der Waals surface area contributed by atoms with Gasteiger partial charge in [-0.25, -0.2) is 0 Å². The SMILES string of the molecule is CCOc1cc(OCC)nc(COS(=O)(=O)c2cccc([N+](=O)[O-])c2)n1. The number of benzene rings is 1.